The second kappa shape index (κ2) is 7.81. The van der Waals surface area contributed by atoms with E-state index in [1.807, 2.05) is 12.1 Å². The van der Waals surface area contributed by atoms with Gasteiger partial charge in [-0.25, -0.2) is 14.4 Å². The molecule has 9 heteroatoms. The van der Waals surface area contributed by atoms with Crippen molar-refractivity contribution in [2.75, 3.05) is 13.2 Å². The van der Waals surface area contributed by atoms with Crippen LogP contribution in [0.15, 0.2) is 36.5 Å². The lowest BCUT2D eigenvalue weighted by atomic mass is 9.66. The molecule has 0 radical (unpaired) electrons. The van der Waals surface area contributed by atoms with Gasteiger partial charge >= 0.3 is 0 Å². The van der Waals surface area contributed by atoms with Gasteiger partial charge in [-0.2, -0.15) is 10.2 Å². The molecule has 2 atom stereocenters. The number of fused-ring (bicyclic) bond motifs is 5. The molecule has 5 rings (SSSR count). The van der Waals surface area contributed by atoms with Crippen LogP contribution in [0.4, 0.5) is 4.39 Å². The topological polar surface area (TPSA) is 101 Å². The Kier molecular flexibility index (Phi) is 5.17. The van der Waals surface area contributed by atoms with Crippen LogP contribution in [-0.2, 0) is 5.41 Å². The highest BCUT2D eigenvalue weighted by atomic mass is 35.5. The Morgan fingerprint density at radius 3 is 2.88 bits per heavy atom. The largest absolute Gasteiger partial charge is 0.395 e. The van der Waals surface area contributed by atoms with Crippen molar-refractivity contribution in [3.8, 4) is 11.3 Å². The van der Waals surface area contributed by atoms with Crippen LogP contribution in [-0.4, -0.2) is 44.3 Å². The van der Waals surface area contributed by atoms with Gasteiger partial charge in [0.05, 0.1) is 39.7 Å². The van der Waals surface area contributed by atoms with E-state index in [4.69, 9.17) is 16.7 Å². The Morgan fingerprint density at radius 2 is 2.12 bits per heavy atom. The highest BCUT2D eigenvalue weighted by Crippen LogP contribution is 2.69. The molecule has 0 saturated heterocycles. The summed E-state index contributed by atoms with van der Waals surface area (Å²) in [6.07, 6.45) is 3.29. The first-order chi connectivity index (χ1) is 15.8. The Bertz CT molecular complexity index is 1250. The molecule has 1 unspecified atom stereocenters. The van der Waals surface area contributed by atoms with Crippen LogP contribution in [0.2, 0.25) is 5.02 Å². The van der Waals surface area contributed by atoms with E-state index >= 15 is 0 Å². The molecule has 1 amide bonds. The summed E-state index contributed by atoms with van der Waals surface area (Å²) in [5, 5.41) is 20.8. The number of amides is 1. The van der Waals surface area contributed by atoms with Crippen LogP contribution >= 0.6 is 11.6 Å². The molecule has 2 heterocycles. The molecule has 170 valence electrons. The Hall–Kier alpha value is -2.97. The van der Waals surface area contributed by atoms with Crippen LogP contribution < -0.4 is 5.32 Å². The van der Waals surface area contributed by atoms with Gasteiger partial charge in [0.25, 0.3) is 5.91 Å². The summed E-state index contributed by atoms with van der Waals surface area (Å²) in [5.41, 5.74) is 2.38. The van der Waals surface area contributed by atoms with E-state index < -0.39 is 17.1 Å². The summed E-state index contributed by atoms with van der Waals surface area (Å²) in [6, 6.07) is 8.28. The lowest BCUT2D eigenvalue weighted by Gasteiger charge is -2.37. The number of halogens is 2. The predicted octanol–water partition coefficient (Wildman–Crippen LogP) is 3.65. The van der Waals surface area contributed by atoms with Crippen LogP contribution in [0, 0.1) is 11.2 Å². The molecule has 2 aliphatic rings. The second-order valence-corrected chi connectivity index (χ2v) is 9.50. The standard InChI is InChI=1S/C24H23ClFN5O2/c1-23(2)14-6-8-24(23,18-7-9-27-21(29-18)22(33)28-10-11-32)20-13(14)12-17(30-31-20)19-15(25)4-3-5-16(19)26/h3-5,7,9,12,14,32H,6,8,10-11H2,1-2H3,(H,28,33)/t14?,24-/m0/s1. The van der Waals surface area contributed by atoms with Crippen LogP contribution in [0.5, 0.6) is 0 Å². The number of carbonyl (C=O) groups is 1. The minimum absolute atomic E-state index is 0.0470. The number of benzene rings is 1. The summed E-state index contributed by atoms with van der Waals surface area (Å²) in [5.74, 6) is -0.661. The Morgan fingerprint density at radius 1 is 1.30 bits per heavy atom. The lowest BCUT2D eigenvalue weighted by Crippen LogP contribution is -2.38. The fourth-order valence-corrected chi connectivity index (χ4v) is 5.97. The lowest BCUT2D eigenvalue weighted by molar-refractivity contribution is 0.0933. The Labute approximate surface area is 195 Å². The van der Waals surface area contributed by atoms with Crippen molar-refractivity contribution in [3.05, 3.63) is 70.1 Å². The predicted molar refractivity (Wildman–Crippen MR) is 120 cm³/mol. The van der Waals surface area contributed by atoms with Crippen molar-refractivity contribution in [1.29, 1.82) is 0 Å². The number of carbonyl (C=O) groups excluding carboxylic acids is 1. The number of aliphatic hydroxyl groups excluding tert-OH is 1. The van der Waals surface area contributed by atoms with Gasteiger partial charge in [-0.3, -0.25) is 4.79 Å². The Balaban J connectivity index is 1.63. The van der Waals surface area contributed by atoms with Gasteiger partial charge in [0.15, 0.2) is 0 Å². The molecule has 1 aromatic carbocycles. The zero-order valence-electron chi connectivity index (χ0n) is 18.3. The van der Waals surface area contributed by atoms with E-state index in [0.717, 1.165) is 24.1 Å². The van der Waals surface area contributed by atoms with Gasteiger partial charge in [0.1, 0.15) is 5.82 Å². The first kappa shape index (κ1) is 21.9. The maximum Gasteiger partial charge on any atom is 0.289 e. The molecule has 7 nitrogen and oxygen atoms in total. The third-order valence-electron chi connectivity index (χ3n) is 7.29. The number of nitrogens with zero attached hydrogens (tertiary/aromatic N) is 4. The number of aliphatic hydroxyl groups is 1. The zero-order chi connectivity index (χ0) is 23.4. The van der Waals surface area contributed by atoms with Gasteiger partial charge in [-0.05, 0) is 54.0 Å². The number of aromatic nitrogens is 4. The quantitative estimate of drug-likeness (QED) is 0.594. The average molecular weight is 468 g/mol. The van der Waals surface area contributed by atoms with Gasteiger partial charge in [-0.15, -0.1) is 0 Å². The average Bonchev–Trinajstić information content (AvgIpc) is 3.18. The number of hydrogen-bond acceptors (Lipinski definition) is 6. The van der Waals surface area contributed by atoms with Crippen LogP contribution in [0.25, 0.3) is 11.3 Å². The van der Waals surface area contributed by atoms with Gasteiger partial charge in [0.2, 0.25) is 5.82 Å². The maximum atomic E-state index is 14.6. The second-order valence-electron chi connectivity index (χ2n) is 9.09. The molecule has 33 heavy (non-hydrogen) atoms. The van der Waals surface area contributed by atoms with Crippen molar-refractivity contribution in [2.24, 2.45) is 5.41 Å². The van der Waals surface area contributed by atoms with Crippen molar-refractivity contribution < 1.29 is 14.3 Å². The minimum Gasteiger partial charge on any atom is -0.395 e. The van der Waals surface area contributed by atoms with Gasteiger partial charge in [0, 0.05) is 12.7 Å². The summed E-state index contributed by atoms with van der Waals surface area (Å²) < 4.78 is 14.6. The van der Waals surface area contributed by atoms with Gasteiger partial charge < -0.3 is 10.4 Å². The van der Waals surface area contributed by atoms with Crippen molar-refractivity contribution >= 4 is 17.5 Å². The molecule has 2 aromatic heterocycles. The molecule has 3 aromatic rings. The normalized spacial score (nSPS) is 22.3. The maximum absolute atomic E-state index is 14.6. The van der Waals surface area contributed by atoms with Crippen LogP contribution in [0.1, 0.15) is 60.2 Å². The SMILES string of the molecule is CC1(C)C2CC[C@]1(c1ccnc(C(=O)NCCO)n1)c1nnc(-c3c(F)cccc3Cl)cc12. The summed E-state index contributed by atoms with van der Waals surface area (Å²) in [7, 11) is 0. The van der Waals surface area contributed by atoms with Crippen molar-refractivity contribution in [1.82, 2.24) is 25.5 Å². The molecule has 0 spiro atoms. The van der Waals surface area contributed by atoms with Gasteiger partial charge in [-0.1, -0.05) is 31.5 Å². The summed E-state index contributed by atoms with van der Waals surface area (Å²) >= 11 is 6.28. The smallest absolute Gasteiger partial charge is 0.289 e. The number of nitrogens with one attached hydrogen (secondary N) is 1. The molecule has 2 aliphatic carbocycles. The van der Waals surface area contributed by atoms with Crippen molar-refractivity contribution in [2.45, 2.75) is 38.0 Å². The van der Waals surface area contributed by atoms with E-state index in [9.17, 15) is 9.18 Å². The third kappa shape index (κ3) is 3.08. The minimum atomic E-state index is -0.549. The highest BCUT2D eigenvalue weighted by molar-refractivity contribution is 6.33. The molecule has 2 bridgehead atoms. The molecule has 2 N–H and O–H groups in total. The molecule has 1 fully saturated rings. The van der Waals surface area contributed by atoms with E-state index in [-0.39, 0.29) is 40.9 Å². The monoisotopic (exact) mass is 467 g/mol. The fraction of sp³-hybridized carbons (Fsp3) is 0.375. The van der Waals surface area contributed by atoms with E-state index in [2.05, 4.69) is 39.3 Å². The van der Waals surface area contributed by atoms with E-state index in [1.165, 1.54) is 6.07 Å². The summed E-state index contributed by atoms with van der Waals surface area (Å²) in [4.78, 5) is 21.2. The molecular formula is C24H23ClFN5O2. The zero-order valence-corrected chi connectivity index (χ0v) is 19.0. The van der Waals surface area contributed by atoms with Crippen LogP contribution in [0.3, 0.4) is 0 Å². The number of hydrogen-bond donors (Lipinski definition) is 2. The number of rotatable bonds is 5. The first-order valence-corrected chi connectivity index (χ1v) is 11.2. The molecular weight excluding hydrogens is 445 g/mol. The fourth-order valence-electron chi connectivity index (χ4n) is 5.71. The molecule has 0 aliphatic heterocycles. The van der Waals surface area contributed by atoms with E-state index in [1.54, 1.807) is 18.3 Å². The first-order valence-electron chi connectivity index (χ1n) is 10.9. The van der Waals surface area contributed by atoms with Crippen molar-refractivity contribution in [3.63, 3.8) is 0 Å². The third-order valence-corrected chi connectivity index (χ3v) is 7.61. The highest BCUT2D eigenvalue weighted by Gasteiger charge is 2.65. The summed E-state index contributed by atoms with van der Waals surface area (Å²) in [6.45, 7) is 4.31. The van der Waals surface area contributed by atoms with E-state index in [0.29, 0.717) is 11.4 Å². The molecule has 1 saturated carbocycles.